The quantitative estimate of drug-likeness (QED) is 0.446. The molecule has 1 saturated heterocycles. The van der Waals surface area contributed by atoms with Crippen LogP contribution in [0.5, 0.6) is 0 Å². The molecular weight excluding hydrogens is 507 g/mol. The van der Waals surface area contributed by atoms with Gasteiger partial charge in [0.05, 0.1) is 5.92 Å². The highest BCUT2D eigenvalue weighted by Crippen LogP contribution is 2.39. The van der Waals surface area contributed by atoms with Crippen LogP contribution in [-0.2, 0) is 22.7 Å². The average Bonchev–Trinajstić information content (AvgIpc) is 3.68. The molecule has 3 aromatic rings. The van der Waals surface area contributed by atoms with Crippen molar-refractivity contribution >= 4 is 17.7 Å². The molecule has 1 saturated carbocycles. The topological polar surface area (TPSA) is 95.7 Å². The minimum absolute atomic E-state index is 0.141. The number of carbonyl (C=O) groups excluding carboxylic acids is 3. The van der Waals surface area contributed by atoms with Gasteiger partial charge in [-0.15, -0.1) is 0 Å². The van der Waals surface area contributed by atoms with E-state index in [0.29, 0.717) is 6.54 Å². The summed E-state index contributed by atoms with van der Waals surface area (Å²) in [6, 6.07) is 22.6. The first-order valence-electron chi connectivity index (χ1n) is 13.9. The molecule has 208 valence electrons. The predicted molar refractivity (Wildman–Crippen MR) is 150 cm³/mol. The number of nitrogens with two attached hydrogens (primary N) is 1. The molecule has 1 aliphatic carbocycles. The van der Waals surface area contributed by atoms with Crippen LogP contribution >= 0.6 is 0 Å². The highest BCUT2D eigenvalue weighted by atomic mass is 19.1. The second-order valence-electron chi connectivity index (χ2n) is 10.6. The van der Waals surface area contributed by atoms with Gasteiger partial charge in [-0.1, -0.05) is 67.4 Å². The summed E-state index contributed by atoms with van der Waals surface area (Å²) in [5, 5.41) is 2.94. The third-order valence-electron chi connectivity index (χ3n) is 8.03. The van der Waals surface area contributed by atoms with Crippen LogP contribution in [0.25, 0.3) is 0 Å². The van der Waals surface area contributed by atoms with Crippen molar-refractivity contribution in [1.29, 1.82) is 0 Å². The van der Waals surface area contributed by atoms with Gasteiger partial charge in [0.2, 0.25) is 5.91 Å². The Kier molecular flexibility index (Phi) is 8.55. The third-order valence-corrected chi connectivity index (χ3v) is 8.03. The summed E-state index contributed by atoms with van der Waals surface area (Å²) >= 11 is 0. The Labute approximate surface area is 234 Å². The Balaban J connectivity index is 1.44. The molecular formula is C32H35FN4O3. The van der Waals surface area contributed by atoms with Gasteiger partial charge in [-0.25, -0.2) is 4.39 Å². The summed E-state index contributed by atoms with van der Waals surface area (Å²) in [6.07, 6.45) is 2.93. The first-order chi connectivity index (χ1) is 19.5. The molecule has 1 heterocycles. The Hall–Kier alpha value is -4.04. The summed E-state index contributed by atoms with van der Waals surface area (Å²) in [6.45, 7) is 1.06. The first kappa shape index (κ1) is 27.5. The fraction of sp³-hybridized carbons (Fsp3) is 0.344. The first-order valence-corrected chi connectivity index (χ1v) is 13.9. The molecule has 0 spiro atoms. The van der Waals surface area contributed by atoms with E-state index in [2.05, 4.69) is 5.32 Å². The molecule has 3 N–H and O–H groups in total. The van der Waals surface area contributed by atoms with E-state index in [9.17, 15) is 18.8 Å². The summed E-state index contributed by atoms with van der Waals surface area (Å²) in [7, 11) is 0. The van der Waals surface area contributed by atoms with Crippen molar-refractivity contribution in [2.75, 3.05) is 13.1 Å². The van der Waals surface area contributed by atoms with E-state index >= 15 is 0 Å². The minimum atomic E-state index is -1.12. The van der Waals surface area contributed by atoms with Gasteiger partial charge in [0.15, 0.2) is 6.17 Å². The Morgan fingerprint density at radius 1 is 0.875 bits per heavy atom. The van der Waals surface area contributed by atoms with Crippen LogP contribution in [0.3, 0.4) is 0 Å². The van der Waals surface area contributed by atoms with E-state index in [1.807, 2.05) is 54.6 Å². The Morgan fingerprint density at radius 2 is 1.55 bits per heavy atom. The number of nitrogens with one attached hydrogen (secondary N) is 1. The van der Waals surface area contributed by atoms with Crippen LogP contribution in [-0.4, -0.2) is 46.8 Å². The molecule has 40 heavy (non-hydrogen) atoms. The predicted octanol–water partition coefficient (Wildman–Crippen LogP) is 4.19. The normalized spacial score (nSPS) is 18.1. The van der Waals surface area contributed by atoms with Gasteiger partial charge in [0.25, 0.3) is 11.8 Å². The highest BCUT2D eigenvalue weighted by Gasteiger charge is 2.46. The van der Waals surface area contributed by atoms with Gasteiger partial charge >= 0.3 is 0 Å². The highest BCUT2D eigenvalue weighted by molar-refractivity contribution is 6.00. The van der Waals surface area contributed by atoms with E-state index in [1.165, 1.54) is 29.2 Å². The molecule has 7 nitrogen and oxygen atoms in total. The summed E-state index contributed by atoms with van der Waals surface area (Å²) in [5.74, 6) is -1.65. The smallest absolute Gasteiger partial charge is 0.264 e. The number of amides is 3. The second kappa shape index (κ2) is 12.4. The number of rotatable bonds is 8. The molecule has 0 radical (unpaired) electrons. The van der Waals surface area contributed by atoms with Gasteiger partial charge in [-0.05, 0) is 59.7 Å². The van der Waals surface area contributed by atoms with Gasteiger partial charge in [0, 0.05) is 31.7 Å². The fourth-order valence-electron chi connectivity index (χ4n) is 6.01. The molecule has 2 aliphatic rings. The van der Waals surface area contributed by atoms with Crippen LogP contribution in [0.2, 0.25) is 0 Å². The molecule has 3 amide bonds. The zero-order valence-electron chi connectivity index (χ0n) is 22.5. The number of halogens is 1. The van der Waals surface area contributed by atoms with Crippen molar-refractivity contribution in [2.24, 2.45) is 11.7 Å². The van der Waals surface area contributed by atoms with E-state index in [1.54, 1.807) is 4.90 Å². The lowest BCUT2D eigenvalue weighted by atomic mass is 9.83. The summed E-state index contributed by atoms with van der Waals surface area (Å²) in [5.41, 5.74) is 8.78. The van der Waals surface area contributed by atoms with E-state index in [4.69, 9.17) is 5.73 Å². The van der Waals surface area contributed by atoms with Crippen molar-refractivity contribution in [1.82, 2.24) is 15.1 Å². The largest absolute Gasteiger partial charge is 0.349 e. The average molecular weight is 543 g/mol. The van der Waals surface area contributed by atoms with Crippen LogP contribution in [0, 0.1) is 11.7 Å². The van der Waals surface area contributed by atoms with E-state index in [-0.39, 0.29) is 42.9 Å². The van der Waals surface area contributed by atoms with Crippen LogP contribution < -0.4 is 11.1 Å². The Morgan fingerprint density at radius 3 is 2.25 bits per heavy atom. The van der Waals surface area contributed by atoms with Gasteiger partial charge in [-0.3, -0.25) is 14.4 Å². The SMILES string of the molecule is NCc1cccc(CNC(=O)C2N(C(=O)c3ccc(F)cc3)CCN2C(=O)C(c2ccccc2)C2CCCC2)c1. The minimum Gasteiger partial charge on any atom is -0.349 e. The van der Waals surface area contributed by atoms with Crippen molar-refractivity contribution < 1.29 is 18.8 Å². The number of hydrogen-bond acceptors (Lipinski definition) is 4. The lowest BCUT2D eigenvalue weighted by Gasteiger charge is -2.33. The lowest BCUT2D eigenvalue weighted by Crippen LogP contribution is -2.54. The van der Waals surface area contributed by atoms with E-state index < -0.39 is 23.8 Å². The standard InChI is InChI=1S/C32H35FN4O3/c33-27-15-13-26(14-16-27)31(39)36-17-18-37(30(36)29(38)35-21-23-8-6-7-22(19-23)20-34)32(40)28(25-11-4-5-12-25)24-9-2-1-3-10-24/h1-3,6-10,13-16,19,25,28,30H,4-5,11-12,17-18,20-21,34H2,(H,35,38). The molecule has 8 heteroatoms. The van der Waals surface area contributed by atoms with E-state index in [0.717, 1.165) is 42.4 Å². The number of benzene rings is 3. The van der Waals surface area contributed by atoms with Gasteiger partial charge < -0.3 is 20.9 Å². The van der Waals surface area contributed by atoms with Crippen LogP contribution in [0.15, 0.2) is 78.9 Å². The summed E-state index contributed by atoms with van der Waals surface area (Å²) in [4.78, 5) is 44.6. The van der Waals surface area contributed by atoms with Gasteiger partial charge in [0.1, 0.15) is 5.82 Å². The maximum absolute atomic E-state index is 14.3. The zero-order chi connectivity index (χ0) is 28.1. The lowest BCUT2D eigenvalue weighted by molar-refractivity contribution is -0.143. The number of carbonyl (C=O) groups is 3. The van der Waals surface area contributed by atoms with Crippen LogP contribution in [0.1, 0.15) is 58.6 Å². The van der Waals surface area contributed by atoms with Crippen molar-refractivity contribution in [3.05, 3.63) is 107 Å². The molecule has 2 atom stereocenters. The molecule has 1 aliphatic heterocycles. The molecule has 3 aromatic carbocycles. The molecule has 2 unspecified atom stereocenters. The van der Waals surface area contributed by atoms with Crippen molar-refractivity contribution in [3.8, 4) is 0 Å². The number of hydrogen-bond donors (Lipinski definition) is 2. The molecule has 5 rings (SSSR count). The number of nitrogens with zero attached hydrogens (tertiary/aromatic N) is 2. The Bertz CT molecular complexity index is 1340. The fourth-order valence-corrected chi connectivity index (χ4v) is 6.01. The second-order valence-corrected chi connectivity index (χ2v) is 10.6. The maximum Gasteiger partial charge on any atom is 0.264 e. The summed E-state index contributed by atoms with van der Waals surface area (Å²) < 4.78 is 13.6. The van der Waals surface area contributed by atoms with Crippen molar-refractivity contribution in [3.63, 3.8) is 0 Å². The molecule has 2 fully saturated rings. The third kappa shape index (κ3) is 5.92. The maximum atomic E-state index is 14.3. The van der Waals surface area contributed by atoms with Crippen LogP contribution in [0.4, 0.5) is 4.39 Å². The van der Waals surface area contributed by atoms with Crippen molar-refractivity contribution in [2.45, 2.75) is 50.9 Å². The zero-order valence-corrected chi connectivity index (χ0v) is 22.5. The monoisotopic (exact) mass is 542 g/mol. The molecule has 0 bridgehead atoms. The van der Waals surface area contributed by atoms with Gasteiger partial charge in [-0.2, -0.15) is 0 Å². The molecule has 0 aromatic heterocycles.